The third-order valence-electron chi connectivity index (χ3n) is 2.76. The predicted octanol–water partition coefficient (Wildman–Crippen LogP) is 2.41. The van der Waals surface area contributed by atoms with Crippen molar-refractivity contribution in [1.82, 2.24) is 20.2 Å². The van der Waals surface area contributed by atoms with Gasteiger partial charge >= 0.3 is 0 Å². The highest BCUT2D eigenvalue weighted by molar-refractivity contribution is 5.91. The van der Waals surface area contributed by atoms with Crippen molar-refractivity contribution in [2.75, 3.05) is 12.4 Å². The van der Waals surface area contributed by atoms with Gasteiger partial charge in [-0.3, -0.25) is 5.10 Å². The van der Waals surface area contributed by atoms with Crippen molar-refractivity contribution in [3.8, 4) is 5.88 Å². The molecule has 0 saturated heterocycles. The molecule has 2 heterocycles. The molecule has 0 bridgehead atoms. The van der Waals surface area contributed by atoms with Crippen LogP contribution in [0.4, 0.5) is 11.6 Å². The number of benzene rings is 1. The first-order chi connectivity index (χ1) is 9.28. The lowest BCUT2D eigenvalue weighted by Gasteiger charge is -2.07. The molecule has 0 spiro atoms. The van der Waals surface area contributed by atoms with E-state index in [1.807, 2.05) is 31.2 Å². The number of H-pyrrole nitrogens is 1. The van der Waals surface area contributed by atoms with Crippen molar-refractivity contribution in [2.24, 2.45) is 0 Å². The molecule has 0 unspecified atom stereocenters. The van der Waals surface area contributed by atoms with Crippen LogP contribution in [0.2, 0.25) is 0 Å². The molecule has 0 saturated carbocycles. The van der Waals surface area contributed by atoms with Gasteiger partial charge in [0.15, 0.2) is 11.6 Å². The van der Waals surface area contributed by atoms with Gasteiger partial charge < -0.3 is 10.1 Å². The summed E-state index contributed by atoms with van der Waals surface area (Å²) in [4.78, 5) is 8.55. The van der Waals surface area contributed by atoms with Gasteiger partial charge in [-0.1, -0.05) is 12.1 Å². The number of aromatic amines is 1. The summed E-state index contributed by atoms with van der Waals surface area (Å²) < 4.78 is 5.19. The number of methoxy groups -OCH3 is 1. The zero-order valence-electron chi connectivity index (χ0n) is 10.6. The van der Waals surface area contributed by atoms with Crippen LogP contribution >= 0.6 is 0 Å². The van der Waals surface area contributed by atoms with E-state index in [0.717, 1.165) is 16.6 Å². The van der Waals surface area contributed by atoms with E-state index in [1.54, 1.807) is 13.3 Å². The fourth-order valence-corrected chi connectivity index (χ4v) is 1.87. The number of hydrogen-bond acceptors (Lipinski definition) is 5. The Hall–Kier alpha value is -2.63. The molecule has 0 aliphatic rings. The Morgan fingerprint density at radius 3 is 2.89 bits per heavy atom. The highest BCUT2D eigenvalue weighted by Gasteiger charge is 2.11. The number of nitrogens with one attached hydrogen (secondary N) is 2. The molecule has 0 aliphatic carbocycles. The van der Waals surface area contributed by atoms with Crippen LogP contribution in [0, 0.1) is 6.92 Å². The Labute approximate surface area is 109 Å². The molecule has 0 amide bonds. The molecule has 96 valence electrons. The number of ether oxygens (including phenoxy) is 1. The second kappa shape index (κ2) is 4.56. The van der Waals surface area contributed by atoms with Crippen LogP contribution in [0.15, 0.2) is 30.5 Å². The summed E-state index contributed by atoms with van der Waals surface area (Å²) in [7, 11) is 1.56. The highest BCUT2D eigenvalue weighted by Crippen LogP contribution is 2.26. The Bertz CT molecular complexity index is 722. The van der Waals surface area contributed by atoms with Crippen molar-refractivity contribution in [1.29, 1.82) is 0 Å². The van der Waals surface area contributed by atoms with Crippen LogP contribution in [0.3, 0.4) is 0 Å². The van der Waals surface area contributed by atoms with Crippen LogP contribution in [0.25, 0.3) is 10.9 Å². The Balaban J connectivity index is 2.03. The van der Waals surface area contributed by atoms with Crippen LogP contribution < -0.4 is 10.1 Å². The van der Waals surface area contributed by atoms with Gasteiger partial charge in [-0.2, -0.15) is 5.10 Å². The quantitative estimate of drug-likeness (QED) is 0.751. The first-order valence-corrected chi connectivity index (χ1v) is 5.85. The molecule has 3 aromatic rings. The van der Waals surface area contributed by atoms with E-state index in [2.05, 4.69) is 25.5 Å². The molecular weight excluding hydrogens is 242 g/mol. The molecule has 2 aromatic heterocycles. The number of anilines is 2. The minimum absolute atomic E-state index is 0.442. The fourth-order valence-electron chi connectivity index (χ4n) is 1.87. The van der Waals surface area contributed by atoms with Gasteiger partial charge in [-0.05, 0) is 19.1 Å². The SMILES string of the molecule is COc1ncc(C)nc1Nc1n[nH]c2ccccc12. The first kappa shape index (κ1) is 11.5. The molecule has 6 nitrogen and oxygen atoms in total. The molecule has 1 aromatic carbocycles. The summed E-state index contributed by atoms with van der Waals surface area (Å²) in [5.41, 5.74) is 1.77. The molecule has 0 atom stereocenters. The third-order valence-corrected chi connectivity index (χ3v) is 2.76. The number of rotatable bonds is 3. The normalized spacial score (nSPS) is 10.6. The topological polar surface area (TPSA) is 75.7 Å². The van der Waals surface area contributed by atoms with Gasteiger partial charge in [0.1, 0.15) is 0 Å². The number of nitrogens with zero attached hydrogens (tertiary/aromatic N) is 3. The standard InChI is InChI=1S/C13H13N5O/c1-8-7-14-13(19-2)12(15-8)16-11-9-5-3-4-6-10(9)17-18-11/h3-7H,1-2H3,(H2,15,16,17,18). The monoisotopic (exact) mass is 255 g/mol. The van der Waals surface area contributed by atoms with Gasteiger partial charge in [0.25, 0.3) is 5.88 Å². The summed E-state index contributed by atoms with van der Waals surface area (Å²) in [6.45, 7) is 1.88. The molecule has 0 radical (unpaired) electrons. The molecule has 6 heteroatoms. The average Bonchev–Trinajstić information content (AvgIpc) is 2.83. The zero-order valence-corrected chi connectivity index (χ0v) is 10.6. The van der Waals surface area contributed by atoms with Crippen molar-refractivity contribution >= 4 is 22.5 Å². The van der Waals surface area contributed by atoms with Crippen molar-refractivity contribution in [3.63, 3.8) is 0 Å². The van der Waals surface area contributed by atoms with Crippen LogP contribution in [0.1, 0.15) is 5.69 Å². The largest absolute Gasteiger partial charge is 0.478 e. The van der Waals surface area contributed by atoms with Crippen molar-refractivity contribution in [3.05, 3.63) is 36.2 Å². The van der Waals surface area contributed by atoms with E-state index >= 15 is 0 Å². The minimum atomic E-state index is 0.442. The minimum Gasteiger partial charge on any atom is -0.478 e. The van der Waals surface area contributed by atoms with Gasteiger partial charge in [0.2, 0.25) is 0 Å². The number of fused-ring (bicyclic) bond motifs is 1. The lowest BCUT2D eigenvalue weighted by molar-refractivity contribution is 0.398. The van der Waals surface area contributed by atoms with Gasteiger partial charge in [0.05, 0.1) is 24.5 Å². The zero-order chi connectivity index (χ0) is 13.2. The lowest BCUT2D eigenvalue weighted by atomic mass is 10.2. The summed E-state index contributed by atoms with van der Waals surface area (Å²) in [5.74, 6) is 1.70. The molecule has 19 heavy (non-hydrogen) atoms. The van der Waals surface area contributed by atoms with E-state index in [9.17, 15) is 0 Å². The summed E-state index contributed by atoms with van der Waals surface area (Å²) in [6.07, 6.45) is 1.66. The maximum Gasteiger partial charge on any atom is 0.257 e. The van der Waals surface area contributed by atoms with E-state index in [1.165, 1.54) is 0 Å². The molecule has 0 fully saturated rings. The smallest absolute Gasteiger partial charge is 0.257 e. The van der Waals surface area contributed by atoms with Crippen LogP contribution in [-0.4, -0.2) is 27.3 Å². The average molecular weight is 255 g/mol. The maximum absolute atomic E-state index is 5.19. The van der Waals surface area contributed by atoms with E-state index in [-0.39, 0.29) is 0 Å². The lowest BCUT2D eigenvalue weighted by Crippen LogP contribution is -2.01. The Morgan fingerprint density at radius 2 is 2.05 bits per heavy atom. The number of aryl methyl sites for hydroxylation is 1. The summed E-state index contributed by atoms with van der Waals surface area (Å²) in [5, 5.41) is 11.3. The van der Waals surface area contributed by atoms with Gasteiger partial charge in [-0.15, -0.1) is 0 Å². The number of para-hydroxylation sites is 1. The number of hydrogen-bond donors (Lipinski definition) is 2. The Morgan fingerprint density at radius 1 is 1.21 bits per heavy atom. The summed E-state index contributed by atoms with van der Waals surface area (Å²) >= 11 is 0. The van der Waals surface area contributed by atoms with Crippen LogP contribution in [-0.2, 0) is 0 Å². The van der Waals surface area contributed by atoms with Crippen molar-refractivity contribution in [2.45, 2.75) is 6.92 Å². The van der Waals surface area contributed by atoms with E-state index < -0.39 is 0 Å². The number of aromatic nitrogens is 4. The second-order valence-electron chi connectivity index (χ2n) is 4.11. The molecule has 2 N–H and O–H groups in total. The first-order valence-electron chi connectivity index (χ1n) is 5.85. The van der Waals surface area contributed by atoms with E-state index in [0.29, 0.717) is 17.5 Å². The second-order valence-corrected chi connectivity index (χ2v) is 4.11. The highest BCUT2D eigenvalue weighted by atomic mass is 16.5. The molecule has 3 rings (SSSR count). The molecule has 0 aliphatic heterocycles. The van der Waals surface area contributed by atoms with Crippen molar-refractivity contribution < 1.29 is 4.74 Å². The van der Waals surface area contributed by atoms with Gasteiger partial charge in [-0.25, -0.2) is 9.97 Å². The third kappa shape index (κ3) is 2.08. The fraction of sp³-hybridized carbons (Fsp3) is 0.154. The van der Waals surface area contributed by atoms with E-state index in [4.69, 9.17) is 4.74 Å². The summed E-state index contributed by atoms with van der Waals surface area (Å²) in [6, 6.07) is 7.86. The maximum atomic E-state index is 5.19. The van der Waals surface area contributed by atoms with Gasteiger partial charge in [0, 0.05) is 5.39 Å². The molecular formula is C13H13N5O. The predicted molar refractivity (Wildman–Crippen MR) is 72.7 cm³/mol. The Kier molecular flexibility index (Phi) is 2.75. The van der Waals surface area contributed by atoms with Crippen LogP contribution in [0.5, 0.6) is 5.88 Å².